The van der Waals surface area contributed by atoms with Crippen LogP contribution in [0.3, 0.4) is 0 Å². The number of carbonyl (C=O) groups excluding carboxylic acids is 2. The summed E-state index contributed by atoms with van der Waals surface area (Å²) in [6.45, 7) is 3.07. The molecule has 1 N–H and O–H groups in total. The van der Waals surface area contributed by atoms with Crippen molar-refractivity contribution in [2.45, 2.75) is 25.9 Å². The van der Waals surface area contributed by atoms with E-state index in [1.54, 1.807) is 14.0 Å². The van der Waals surface area contributed by atoms with Gasteiger partial charge in [-0.05, 0) is 13.8 Å². The first-order chi connectivity index (χ1) is 5.46. The van der Waals surface area contributed by atoms with Gasteiger partial charge >= 0.3 is 0 Å². The fourth-order valence-corrected chi connectivity index (χ4v) is 1.14. The van der Waals surface area contributed by atoms with Crippen LogP contribution in [0.5, 0.6) is 0 Å². The lowest BCUT2D eigenvalue weighted by atomic mass is 10.1. The average Bonchev–Trinajstić information content (AvgIpc) is 2.08. The van der Waals surface area contributed by atoms with Crippen LogP contribution in [0.1, 0.15) is 13.8 Å². The summed E-state index contributed by atoms with van der Waals surface area (Å²) < 4.78 is 0. The Morgan fingerprint density at radius 1 is 1.17 bits per heavy atom. The molecule has 0 saturated carbocycles. The Kier molecular flexibility index (Phi) is 2.06. The summed E-state index contributed by atoms with van der Waals surface area (Å²) in [7, 11) is 1.55. The summed E-state index contributed by atoms with van der Waals surface area (Å²) in [6, 6.07) is -1.34. The second-order valence-electron chi connectivity index (χ2n) is 2.98. The monoisotopic (exact) mass is 172 g/mol. The molecule has 1 aliphatic heterocycles. The van der Waals surface area contributed by atoms with Crippen molar-refractivity contribution >= 4 is 11.8 Å². The van der Waals surface area contributed by atoms with Crippen LogP contribution < -0.4 is 0 Å². The maximum absolute atomic E-state index is 11.3. The summed E-state index contributed by atoms with van der Waals surface area (Å²) in [4.78, 5) is 23.8. The smallest absolute Gasteiger partial charge is 0.269 e. The fraction of sp³-hybridized carbons (Fsp3) is 0.714. The molecule has 0 aromatic carbocycles. The van der Waals surface area contributed by atoms with E-state index in [-0.39, 0.29) is 5.91 Å². The number of hydroxylamine groups is 2. The third-order valence-corrected chi connectivity index (χ3v) is 2.24. The van der Waals surface area contributed by atoms with Crippen molar-refractivity contribution in [3.63, 3.8) is 0 Å². The molecular formula is C7H12N2O3. The zero-order valence-electron chi connectivity index (χ0n) is 7.31. The van der Waals surface area contributed by atoms with E-state index >= 15 is 0 Å². The van der Waals surface area contributed by atoms with Crippen molar-refractivity contribution in [2.75, 3.05) is 7.05 Å². The standard InChI is InChI=1S/C7H12N2O3/c1-4-7(11)9(12)5(2)6(10)8(4)3/h4-5,12H,1-3H3. The SMILES string of the molecule is CC1C(=O)N(O)C(C)C(=O)N1C. The van der Waals surface area contributed by atoms with Crippen LogP contribution in [0.2, 0.25) is 0 Å². The first-order valence-corrected chi connectivity index (χ1v) is 3.75. The van der Waals surface area contributed by atoms with Gasteiger partial charge in [-0.1, -0.05) is 0 Å². The number of hydrogen-bond donors (Lipinski definition) is 1. The van der Waals surface area contributed by atoms with Gasteiger partial charge in [0, 0.05) is 7.05 Å². The molecule has 2 atom stereocenters. The van der Waals surface area contributed by atoms with Crippen molar-refractivity contribution in [3.05, 3.63) is 0 Å². The number of nitrogens with zero attached hydrogens (tertiary/aromatic N) is 2. The van der Waals surface area contributed by atoms with E-state index in [1.165, 1.54) is 11.8 Å². The van der Waals surface area contributed by atoms with Gasteiger partial charge in [0.25, 0.3) is 5.91 Å². The largest absolute Gasteiger partial charge is 0.332 e. The minimum Gasteiger partial charge on any atom is -0.332 e. The number of likely N-dealkylation sites (N-methyl/N-ethyl adjacent to an activating group) is 1. The van der Waals surface area contributed by atoms with Crippen LogP contribution in [-0.2, 0) is 9.59 Å². The maximum Gasteiger partial charge on any atom is 0.269 e. The highest BCUT2D eigenvalue weighted by atomic mass is 16.5. The summed E-state index contributed by atoms with van der Waals surface area (Å²) >= 11 is 0. The Balaban J connectivity index is 2.91. The summed E-state index contributed by atoms with van der Waals surface area (Å²) in [5, 5.41) is 9.63. The van der Waals surface area contributed by atoms with Crippen LogP contribution in [-0.4, -0.2) is 46.1 Å². The molecule has 1 saturated heterocycles. The van der Waals surface area contributed by atoms with Gasteiger partial charge < -0.3 is 4.90 Å². The zero-order chi connectivity index (χ0) is 9.46. The first-order valence-electron chi connectivity index (χ1n) is 3.75. The Morgan fingerprint density at radius 2 is 1.67 bits per heavy atom. The van der Waals surface area contributed by atoms with Gasteiger partial charge in [0.1, 0.15) is 12.1 Å². The molecule has 2 amide bonds. The fourth-order valence-electron chi connectivity index (χ4n) is 1.14. The van der Waals surface area contributed by atoms with Crippen molar-refractivity contribution in [1.29, 1.82) is 0 Å². The predicted molar refractivity (Wildman–Crippen MR) is 40.3 cm³/mol. The van der Waals surface area contributed by atoms with Gasteiger partial charge in [-0.25, -0.2) is 5.06 Å². The van der Waals surface area contributed by atoms with E-state index in [2.05, 4.69) is 0 Å². The summed E-state index contributed by atoms with van der Waals surface area (Å²) in [5.41, 5.74) is 0. The molecule has 0 spiro atoms. The minimum absolute atomic E-state index is 0.246. The van der Waals surface area contributed by atoms with Crippen molar-refractivity contribution < 1.29 is 14.8 Å². The minimum atomic E-state index is -0.765. The molecule has 1 aliphatic rings. The quantitative estimate of drug-likeness (QED) is 0.499. The van der Waals surface area contributed by atoms with Gasteiger partial charge in [-0.15, -0.1) is 0 Å². The van der Waals surface area contributed by atoms with Crippen LogP contribution in [0.25, 0.3) is 0 Å². The van der Waals surface area contributed by atoms with Gasteiger partial charge in [0.15, 0.2) is 0 Å². The highest BCUT2D eigenvalue weighted by molar-refractivity contribution is 5.95. The van der Waals surface area contributed by atoms with E-state index in [0.29, 0.717) is 5.06 Å². The molecule has 5 nitrogen and oxygen atoms in total. The lowest BCUT2D eigenvalue weighted by molar-refractivity contribution is -0.196. The Morgan fingerprint density at radius 3 is 2.17 bits per heavy atom. The lowest BCUT2D eigenvalue weighted by Crippen LogP contribution is -2.60. The van der Waals surface area contributed by atoms with E-state index in [4.69, 9.17) is 5.21 Å². The summed E-state index contributed by atoms with van der Waals surface area (Å²) in [6.07, 6.45) is 0. The Labute approximate surface area is 70.5 Å². The van der Waals surface area contributed by atoms with Crippen LogP contribution in [0.15, 0.2) is 0 Å². The molecule has 12 heavy (non-hydrogen) atoms. The number of amides is 2. The van der Waals surface area contributed by atoms with E-state index in [9.17, 15) is 9.59 Å². The van der Waals surface area contributed by atoms with Crippen molar-refractivity contribution in [1.82, 2.24) is 9.96 Å². The maximum atomic E-state index is 11.3. The molecule has 68 valence electrons. The number of piperazine rings is 1. The van der Waals surface area contributed by atoms with Gasteiger partial charge in [-0.2, -0.15) is 0 Å². The second kappa shape index (κ2) is 2.75. The molecule has 0 aromatic rings. The predicted octanol–water partition coefficient (Wildman–Crippen LogP) is -0.547. The molecule has 0 aromatic heterocycles. The second-order valence-corrected chi connectivity index (χ2v) is 2.98. The van der Waals surface area contributed by atoms with Crippen molar-refractivity contribution in [2.24, 2.45) is 0 Å². The number of carbonyl (C=O) groups is 2. The normalized spacial score (nSPS) is 31.3. The molecule has 0 aliphatic carbocycles. The third kappa shape index (κ3) is 1.06. The molecule has 0 radical (unpaired) electrons. The van der Waals surface area contributed by atoms with Crippen LogP contribution in [0.4, 0.5) is 0 Å². The van der Waals surface area contributed by atoms with Gasteiger partial charge in [0.2, 0.25) is 5.91 Å². The lowest BCUT2D eigenvalue weighted by Gasteiger charge is -2.37. The van der Waals surface area contributed by atoms with Crippen LogP contribution >= 0.6 is 0 Å². The molecule has 2 unspecified atom stereocenters. The summed E-state index contributed by atoms with van der Waals surface area (Å²) in [5.74, 6) is -0.686. The van der Waals surface area contributed by atoms with E-state index < -0.39 is 18.0 Å². The molecular weight excluding hydrogens is 160 g/mol. The Hall–Kier alpha value is -1.10. The third-order valence-electron chi connectivity index (χ3n) is 2.24. The highest BCUT2D eigenvalue weighted by Crippen LogP contribution is 2.13. The topological polar surface area (TPSA) is 60.9 Å². The van der Waals surface area contributed by atoms with E-state index in [1.807, 2.05) is 0 Å². The number of hydrogen-bond acceptors (Lipinski definition) is 3. The van der Waals surface area contributed by atoms with E-state index in [0.717, 1.165) is 0 Å². The molecule has 1 fully saturated rings. The molecule has 0 bridgehead atoms. The van der Waals surface area contributed by atoms with Crippen molar-refractivity contribution in [3.8, 4) is 0 Å². The highest BCUT2D eigenvalue weighted by Gasteiger charge is 2.39. The zero-order valence-corrected chi connectivity index (χ0v) is 7.31. The van der Waals surface area contributed by atoms with Gasteiger partial charge in [-0.3, -0.25) is 14.8 Å². The Bertz CT molecular complexity index is 185. The van der Waals surface area contributed by atoms with Gasteiger partial charge in [0.05, 0.1) is 0 Å². The molecule has 1 heterocycles. The number of rotatable bonds is 0. The first kappa shape index (κ1) is 8.99. The molecule has 1 rings (SSSR count). The van der Waals surface area contributed by atoms with Crippen LogP contribution in [0, 0.1) is 0 Å². The molecule has 5 heteroatoms. The average molecular weight is 172 g/mol.